The van der Waals surface area contributed by atoms with Crippen LogP contribution in [0.25, 0.3) is 10.8 Å². The maximum atomic E-state index is 12.6. The van der Waals surface area contributed by atoms with E-state index in [2.05, 4.69) is 0 Å². The molecular formula is C22H18O9. The molecule has 0 bridgehead atoms. The lowest BCUT2D eigenvalue weighted by atomic mass is 9.76. The number of aliphatic hydroxyl groups is 1. The molecule has 3 aromatic carbocycles. The number of carbonyl (C=O) groups is 1. The van der Waals surface area contributed by atoms with E-state index < -0.39 is 51.6 Å². The third kappa shape index (κ3) is 3.24. The summed E-state index contributed by atoms with van der Waals surface area (Å²) in [5, 5.41) is 70.0. The molecule has 1 aliphatic carbocycles. The molecule has 7 N–H and O–H groups in total. The molecular weight excluding hydrogens is 408 g/mol. The number of carboxylic acid groups (broad SMARTS) is 1. The number of hydrogen-bond donors (Lipinski definition) is 7. The predicted octanol–water partition coefficient (Wildman–Crippen LogP) is 1.67. The molecule has 0 heterocycles. The van der Waals surface area contributed by atoms with Gasteiger partial charge in [-0.25, -0.2) is 4.79 Å². The van der Waals surface area contributed by atoms with Gasteiger partial charge in [0.15, 0.2) is 17.2 Å². The highest BCUT2D eigenvalue weighted by molar-refractivity contribution is 5.98. The molecule has 9 heteroatoms. The van der Waals surface area contributed by atoms with Crippen LogP contribution in [-0.2, 0) is 12.8 Å². The first kappa shape index (κ1) is 20.3. The lowest BCUT2D eigenvalue weighted by Crippen LogP contribution is -2.28. The van der Waals surface area contributed by atoms with Gasteiger partial charge in [0, 0.05) is 18.4 Å². The van der Waals surface area contributed by atoms with Crippen molar-refractivity contribution in [2.45, 2.75) is 24.9 Å². The van der Waals surface area contributed by atoms with Gasteiger partial charge in [0.25, 0.3) is 0 Å². The Bertz CT molecular complexity index is 1310. The number of aliphatic hydroxyl groups excluding tert-OH is 1. The van der Waals surface area contributed by atoms with E-state index in [1.807, 2.05) is 0 Å². The number of carboxylic acids is 1. The van der Waals surface area contributed by atoms with Crippen LogP contribution >= 0.6 is 0 Å². The summed E-state index contributed by atoms with van der Waals surface area (Å²) in [4.78, 5) is 24.2. The first-order valence-electron chi connectivity index (χ1n) is 9.29. The van der Waals surface area contributed by atoms with E-state index in [0.29, 0.717) is 11.1 Å². The van der Waals surface area contributed by atoms with E-state index in [1.54, 1.807) is 0 Å². The van der Waals surface area contributed by atoms with Crippen molar-refractivity contribution >= 4 is 16.7 Å². The van der Waals surface area contributed by atoms with Crippen molar-refractivity contribution in [3.63, 3.8) is 0 Å². The minimum Gasteiger partial charge on any atom is -0.508 e. The number of aromatic hydroxyl groups is 5. The molecule has 0 aromatic heterocycles. The predicted molar refractivity (Wildman–Crippen MR) is 108 cm³/mol. The molecule has 0 spiro atoms. The van der Waals surface area contributed by atoms with Crippen molar-refractivity contribution in [3.8, 4) is 28.7 Å². The number of fused-ring (bicyclic) bond motifs is 2. The molecule has 1 aliphatic rings. The first-order valence-corrected chi connectivity index (χ1v) is 9.29. The smallest absolute Gasteiger partial charge is 0.335 e. The second-order valence-corrected chi connectivity index (χ2v) is 7.57. The molecule has 0 fully saturated rings. The summed E-state index contributed by atoms with van der Waals surface area (Å²) >= 11 is 0. The summed E-state index contributed by atoms with van der Waals surface area (Å²) in [5.41, 5.74) is -0.387. The van der Waals surface area contributed by atoms with E-state index in [4.69, 9.17) is 0 Å². The first-order chi connectivity index (χ1) is 14.6. The van der Waals surface area contributed by atoms with Crippen molar-refractivity contribution in [2.24, 2.45) is 0 Å². The Kier molecular flexibility index (Phi) is 4.63. The van der Waals surface area contributed by atoms with Crippen LogP contribution in [0.1, 0.15) is 33.0 Å². The van der Waals surface area contributed by atoms with Gasteiger partial charge in [-0.05, 0) is 52.8 Å². The summed E-state index contributed by atoms with van der Waals surface area (Å²) in [6.45, 7) is 0. The minimum absolute atomic E-state index is 0.00449. The lowest BCUT2D eigenvalue weighted by molar-refractivity contribution is 0.0696. The molecule has 4 rings (SSSR count). The van der Waals surface area contributed by atoms with Crippen LogP contribution in [0, 0.1) is 0 Å². The van der Waals surface area contributed by atoms with Gasteiger partial charge >= 0.3 is 5.97 Å². The fraction of sp³-hybridized carbons (Fsp3) is 0.182. The van der Waals surface area contributed by atoms with E-state index >= 15 is 0 Å². The average molecular weight is 426 g/mol. The second-order valence-electron chi connectivity index (χ2n) is 7.57. The van der Waals surface area contributed by atoms with Crippen molar-refractivity contribution in [1.82, 2.24) is 0 Å². The SMILES string of the molecule is O=C(O)c1cc(O)c(=O)c2c(O)c(O)cc([C@H]3Cc4cc(O)cc(O)c4C[C@@H]3O)c2c1. The van der Waals surface area contributed by atoms with Crippen LogP contribution in [0.5, 0.6) is 28.7 Å². The average Bonchev–Trinajstić information content (AvgIpc) is 2.82. The third-order valence-electron chi connectivity index (χ3n) is 5.67. The van der Waals surface area contributed by atoms with Gasteiger partial charge in [-0.2, -0.15) is 0 Å². The van der Waals surface area contributed by atoms with E-state index in [1.165, 1.54) is 6.07 Å². The van der Waals surface area contributed by atoms with Crippen molar-refractivity contribution < 1.29 is 40.5 Å². The van der Waals surface area contributed by atoms with Gasteiger partial charge in [-0.3, -0.25) is 4.79 Å². The molecule has 0 saturated carbocycles. The highest BCUT2D eigenvalue weighted by Gasteiger charge is 2.33. The molecule has 2 atom stereocenters. The number of rotatable bonds is 2. The van der Waals surface area contributed by atoms with Crippen LogP contribution in [0.3, 0.4) is 0 Å². The summed E-state index contributed by atoms with van der Waals surface area (Å²) in [6, 6.07) is 5.52. The minimum atomic E-state index is -1.44. The molecule has 9 nitrogen and oxygen atoms in total. The summed E-state index contributed by atoms with van der Waals surface area (Å²) in [6.07, 6.45) is -1.02. The Balaban J connectivity index is 2.04. The number of benzene rings is 2. The molecule has 0 aliphatic heterocycles. The fourth-order valence-corrected chi connectivity index (χ4v) is 4.21. The van der Waals surface area contributed by atoms with Gasteiger partial charge in [0.2, 0.25) is 5.43 Å². The Morgan fingerprint density at radius 3 is 2.26 bits per heavy atom. The standard InChI is InChI=1S/C22H18O9/c23-10-1-8-2-13(16(25)6-11(8)15(24)5-10)12-7-18(27)21(29)19-14(12)3-9(22(30)31)4-17(26)20(19)28/h1,3-5,7,13,16,23-25,27,29H,2,6H2,(H,26,28)(H,30,31)/t13-,16+/m1/s1. The zero-order chi connectivity index (χ0) is 22.6. The molecule has 31 heavy (non-hydrogen) atoms. The molecule has 160 valence electrons. The highest BCUT2D eigenvalue weighted by atomic mass is 16.4. The van der Waals surface area contributed by atoms with E-state index in [0.717, 1.165) is 24.3 Å². The van der Waals surface area contributed by atoms with Crippen molar-refractivity contribution in [3.05, 3.63) is 62.8 Å². The van der Waals surface area contributed by atoms with Crippen molar-refractivity contribution in [1.29, 1.82) is 0 Å². The Morgan fingerprint density at radius 2 is 1.58 bits per heavy atom. The highest BCUT2D eigenvalue weighted by Crippen LogP contribution is 2.44. The normalized spacial score (nSPS) is 18.0. The van der Waals surface area contributed by atoms with Crippen LogP contribution in [-0.4, -0.2) is 47.8 Å². The van der Waals surface area contributed by atoms with Crippen LogP contribution in [0.4, 0.5) is 0 Å². The summed E-state index contributed by atoms with van der Waals surface area (Å²) in [7, 11) is 0. The molecule has 0 amide bonds. The maximum Gasteiger partial charge on any atom is 0.335 e. The monoisotopic (exact) mass is 426 g/mol. The molecule has 0 unspecified atom stereocenters. The Morgan fingerprint density at radius 1 is 0.871 bits per heavy atom. The fourth-order valence-electron chi connectivity index (χ4n) is 4.21. The van der Waals surface area contributed by atoms with Crippen LogP contribution in [0.2, 0.25) is 0 Å². The van der Waals surface area contributed by atoms with Gasteiger partial charge < -0.3 is 35.7 Å². The van der Waals surface area contributed by atoms with Gasteiger partial charge in [0.05, 0.1) is 17.1 Å². The molecule has 0 saturated heterocycles. The van der Waals surface area contributed by atoms with Crippen LogP contribution in [0.15, 0.2) is 35.1 Å². The van der Waals surface area contributed by atoms with Gasteiger partial charge in [0.1, 0.15) is 11.5 Å². The number of hydrogen-bond acceptors (Lipinski definition) is 8. The molecule has 0 radical (unpaired) electrons. The topological polar surface area (TPSA) is 176 Å². The summed E-state index contributed by atoms with van der Waals surface area (Å²) < 4.78 is 0. The second kappa shape index (κ2) is 7.06. The van der Waals surface area contributed by atoms with E-state index in [-0.39, 0.29) is 35.3 Å². The van der Waals surface area contributed by atoms with Crippen molar-refractivity contribution in [2.75, 3.05) is 0 Å². The zero-order valence-electron chi connectivity index (χ0n) is 15.9. The van der Waals surface area contributed by atoms with Gasteiger partial charge in [-0.1, -0.05) is 0 Å². The third-order valence-corrected chi connectivity index (χ3v) is 5.67. The lowest BCUT2D eigenvalue weighted by Gasteiger charge is -2.31. The summed E-state index contributed by atoms with van der Waals surface area (Å²) in [5.74, 6) is -5.02. The van der Waals surface area contributed by atoms with Gasteiger partial charge in [-0.15, -0.1) is 0 Å². The largest absolute Gasteiger partial charge is 0.508 e. The number of phenolic OH excluding ortho intramolecular Hbond substituents is 4. The number of phenols is 4. The van der Waals surface area contributed by atoms with Crippen LogP contribution < -0.4 is 5.43 Å². The molecule has 3 aromatic rings. The number of aromatic carboxylic acids is 1. The quantitative estimate of drug-likeness (QED) is 0.300. The Hall–Kier alpha value is -3.98. The maximum absolute atomic E-state index is 12.6. The Labute approximate surface area is 174 Å². The zero-order valence-corrected chi connectivity index (χ0v) is 15.9. The van der Waals surface area contributed by atoms with E-state index in [9.17, 15) is 45.3 Å².